The molecule has 0 saturated carbocycles. The lowest BCUT2D eigenvalue weighted by Gasteiger charge is -2.34. The van der Waals surface area contributed by atoms with E-state index in [0.29, 0.717) is 13.0 Å². The van der Waals surface area contributed by atoms with Gasteiger partial charge in [-0.3, -0.25) is 9.69 Å². The topological polar surface area (TPSA) is 91.9 Å². The zero-order valence-corrected chi connectivity index (χ0v) is 20.0. The Morgan fingerprint density at radius 1 is 1.09 bits per heavy atom. The first-order chi connectivity index (χ1) is 14.6. The van der Waals surface area contributed by atoms with Crippen LogP contribution in [0.5, 0.6) is 5.75 Å². The summed E-state index contributed by atoms with van der Waals surface area (Å²) in [5, 5.41) is 10.1. The van der Waals surface area contributed by atoms with Gasteiger partial charge in [-0.25, -0.2) is 0 Å². The van der Waals surface area contributed by atoms with Crippen molar-refractivity contribution in [3.05, 3.63) is 54.1 Å². The third-order valence-electron chi connectivity index (χ3n) is 5.40. The molecule has 1 aliphatic rings. The Morgan fingerprint density at radius 2 is 1.78 bits per heavy atom. The van der Waals surface area contributed by atoms with Crippen LogP contribution < -0.4 is 15.4 Å². The van der Waals surface area contributed by atoms with E-state index in [0.717, 1.165) is 49.9 Å². The van der Waals surface area contributed by atoms with Gasteiger partial charge in [-0.15, -0.1) is 24.8 Å². The Labute approximate surface area is 204 Å². The zero-order chi connectivity index (χ0) is 20.9. The van der Waals surface area contributed by atoms with Crippen molar-refractivity contribution in [1.29, 1.82) is 0 Å². The fourth-order valence-corrected chi connectivity index (χ4v) is 4.44. The summed E-state index contributed by atoms with van der Waals surface area (Å²) in [6.45, 7) is 5.39. The van der Waals surface area contributed by atoms with Crippen LogP contribution in [0.1, 0.15) is 5.56 Å². The summed E-state index contributed by atoms with van der Waals surface area (Å²) in [6.07, 6.45) is 0.314. The first kappa shape index (κ1) is 26.2. The molecule has 1 atom stereocenters. The van der Waals surface area contributed by atoms with Gasteiger partial charge in [-0.2, -0.15) is 4.37 Å². The quantitative estimate of drug-likeness (QED) is 0.492. The second kappa shape index (κ2) is 12.2. The van der Waals surface area contributed by atoms with E-state index in [9.17, 15) is 4.79 Å². The number of nitrogens with two attached hydrogens (primary N) is 1. The Kier molecular flexibility index (Phi) is 9.99. The van der Waals surface area contributed by atoms with Crippen molar-refractivity contribution >= 4 is 58.2 Å². The van der Waals surface area contributed by atoms with Gasteiger partial charge in [0.1, 0.15) is 24.2 Å². The lowest BCUT2D eigenvalue weighted by atomic mass is 10.1. The highest BCUT2D eigenvalue weighted by Gasteiger charge is 2.20. The van der Waals surface area contributed by atoms with Gasteiger partial charge in [-0.05, 0) is 47.8 Å². The first-order valence-electron chi connectivity index (χ1n) is 10.1. The number of carboxylic acids is 1. The van der Waals surface area contributed by atoms with Crippen molar-refractivity contribution in [2.75, 3.05) is 44.2 Å². The molecule has 3 N–H and O–H groups in total. The SMILES string of the molecule is Cl.Cl.N[C@H](Cc1ccc(OCCN2CCN(c3nsc4ccccc34)CC2)cc1)C(=O)O. The highest BCUT2D eigenvalue weighted by atomic mass is 35.5. The van der Waals surface area contributed by atoms with Gasteiger partial charge in [0.05, 0.1) is 4.70 Å². The first-order valence-corrected chi connectivity index (χ1v) is 10.9. The summed E-state index contributed by atoms with van der Waals surface area (Å²) in [6, 6.07) is 15.0. The molecule has 0 radical (unpaired) electrons. The Bertz CT molecular complexity index is 994. The minimum Gasteiger partial charge on any atom is -0.492 e. The number of rotatable bonds is 8. The predicted molar refractivity (Wildman–Crippen MR) is 134 cm³/mol. The molecule has 4 rings (SSSR count). The number of piperazine rings is 1. The number of aromatic nitrogens is 1. The van der Waals surface area contributed by atoms with Gasteiger partial charge in [0.2, 0.25) is 0 Å². The molecule has 174 valence electrons. The van der Waals surface area contributed by atoms with Crippen LogP contribution >= 0.6 is 36.3 Å². The number of benzene rings is 2. The number of anilines is 1. The molecule has 1 saturated heterocycles. The highest BCUT2D eigenvalue weighted by Crippen LogP contribution is 2.29. The minimum atomic E-state index is -0.988. The second-order valence-corrected chi connectivity index (χ2v) is 8.28. The molecule has 1 fully saturated rings. The molecule has 0 bridgehead atoms. The molecular formula is C22H28Cl2N4O3S. The zero-order valence-electron chi connectivity index (χ0n) is 17.6. The van der Waals surface area contributed by atoms with Crippen LogP contribution in [0, 0.1) is 0 Å². The van der Waals surface area contributed by atoms with E-state index < -0.39 is 12.0 Å². The number of fused-ring (bicyclic) bond motifs is 1. The van der Waals surface area contributed by atoms with Crippen LogP contribution in [-0.4, -0.2) is 65.7 Å². The van der Waals surface area contributed by atoms with Crippen molar-refractivity contribution in [1.82, 2.24) is 9.27 Å². The van der Waals surface area contributed by atoms with Gasteiger partial charge < -0.3 is 20.5 Å². The van der Waals surface area contributed by atoms with Crippen LogP contribution in [0.4, 0.5) is 5.82 Å². The molecule has 10 heteroatoms. The van der Waals surface area contributed by atoms with E-state index in [1.165, 1.54) is 10.1 Å². The molecule has 2 aromatic carbocycles. The van der Waals surface area contributed by atoms with E-state index in [-0.39, 0.29) is 24.8 Å². The molecule has 2 heterocycles. The predicted octanol–water partition coefficient (Wildman–Crippen LogP) is 3.30. The Morgan fingerprint density at radius 3 is 2.47 bits per heavy atom. The van der Waals surface area contributed by atoms with Gasteiger partial charge in [0, 0.05) is 38.1 Å². The number of aliphatic carboxylic acids is 1. The normalized spacial score (nSPS) is 15.0. The number of hydrogen-bond acceptors (Lipinski definition) is 7. The van der Waals surface area contributed by atoms with Crippen LogP contribution in [0.2, 0.25) is 0 Å². The van der Waals surface area contributed by atoms with E-state index in [1.807, 2.05) is 24.3 Å². The molecule has 1 aromatic heterocycles. The van der Waals surface area contributed by atoms with E-state index >= 15 is 0 Å². The minimum absolute atomic E-state index is 0. The standard InChI is InChI=1S/C22H26N4O3S.2ClH/c23-19(22(27)28)15-16-5-7-17(8-6-16)29-14-13-25-9-11-26(12-10-25)21-18-3-1-2-4-20(18)30-24-21;;/h1-8,19H,9-15,23H2,(H,27,28);2*1H/t19-;;/m1../s1. The highest BCUT2D eigenvalue weighted by molar-refractivity contribution is 7.13. The summed E-state index contributed by atoms with van der Waals surface area (Å²) in [7, 11) is 0. The Hall–Kier alpha value is -2.10. The molecule has 0 spiro atoms. The Balaban J connectivity index is 0.00000181. The molecule has 0 aliphatic carbocycles. The maximum atomic E-state index is 10.8. The number of carbonyl (C=O) groups is 1. The monoisotopic (exact) mass is 498 g/mol. The van der Waals surface area contributed by atoms with Crippen molar-refractivity contribution in [2.24, 2.45) is 5.73 Å². The average Bonchev–Trinajstić information content (AvgIpc) is 3.19. The smallest absolute Gasteiger partial charge is 0.320 e. The van der Waals surface area contributed by atoms with Crippen molar-refractivity contribution in [2.45, 2.75) is 12.5 Å². The fourth-order valence-electron chi connectivity index (χ4n) is 3.64. The lowest BCUT2D eigenvalue weighted by Crippen LogP contribution is -2.47. The molecule has 1 aliphatic heterocycles. The molecule has 3 aromatic rings. The summed E-state index contributed by atoms with van der Waals surface area (Å²) in [5.41, 5.74) is 6.47. The van der Waals surface area contributed by atoms with Gasteiger partial charge in [0.25, 0.3) is 0 Å². The van der Waals surface area contributed by atoms with Gasteiger partial charge in [0.15, 0.2) is 0 Å². The van der Waals surface area contributed by atoms with Crippen LogP contribution in [-0.2, 0) is 11.2 Å². The summed E-state index contributed by atoms with van der Waals surface area (Å²) in [5.74, 6) is 0.905. The molecule has 0 unspecified atom stereocenters. The summed E-state index contributed by atoms with van der Waals surface area (Å²) < 4.78 is 11.8. The summed E-state index contributed by atoms with van der Waals surface area (Å²) >= 11 is 1.56. The average molecular weight is 499 g/mol. The van der Waals surface area contributed by atoms with Crippen LogP contribution in [0.15, 0.2) is 48.5 Å². The number of halogens is 2. The summed E-state index contributed by atoms with van der Waals surface area (Å²) in [4.78, 5) is 15.6. The number of ether oxygens (including phenoxy) is 1. The molecule has 7 nitrogen and oxygen atoms in total. The maximum absolute atomic E-state index is 10.8. The number of nitrogens with zero attached hydrogens (tertiary/aromatic N) is 3. The molecule has 32 heavy (non-hydrogen) atoms. The third kappa shape index (κ3) is 6.46. The molecule has 0 amide bonds. The number of hydrogen-bond donors (Lipinski definition) is 2. The van der Waals surface area contributed by atoms with Crippen LogP contribution in [0.25, 0.3) is 10.1 Å². The maximum Gasteiger partial charge on any atom is 0.320 e. The lowest BCUT2D eigenvalue weighted by molar-refractivity contribution is -0.138. The van der Waals surface area contributed by atoms with Crippen molar-refractivity contribution < 1.29 is 14.6 Å². The van der Waals surface area contributed by atoms with Crippen molar-refractivity contribution in [3.63, 3.8) is 0 Å². The molecular weight excluding hydrogens is 471 g/mol. The van der Waals surface area contributed by atoms with Gasteiger partial charge in [-0.1, -0.05) is 24.3 Å². The van der Waals surface area contributed by atoms with E-state index in [1.54, 1.807) is 11.5 Å². The van der Waals surface area contributed by atoms with Crippen LogP contribution in [0.3, 0.4) is 0 Å². The van der Waals surface area contributed by atoms with E-state index in [2.05, 4.69) is 38.4 Å². The fraction of sp³-hybridized carbons (Fsp3) is 0.364. The third-order valence-corrected chi connectivity index (χ3v) is 6.22. The number of carboxylic acid groups (broad SMARTS) is 1. The van der Waals surface area contributed by atoms with E-state index in [4.69, 9.17) is 15.6 Å². The second-order valence-electron chi connectivity index (χ2n) is 7.47. The van der Waals surface area contributed by atoms with Gasteiger partial charge >= 0.3 is 5.97 Å². The van der Waals surface area contributed by atoms with Crippen molar-refractivity contribution in [3.8, 4) is 5.75 Å². The largest absolute Gasteiger partial charge is 0.492 e.